The number of tetrazole rings is 1. The van der Waals surface area contributed by atoms with Gasteiger partial charge in [0.1, 0.15) is 0 Å². The first-order valence-electron chi connectivity index (χ1n) is 6.33. The van der Waals surface area contributed by atoms with E-state index in [1.54, 1.807) is 0 Å². The van der Waals surface area contributed by atoms with Gasteiger partial charge in [-0.2, -0.15) is 0 Å². The molecule has 0 aliphatic heterocycles. The smallest absolute Gasteiger partial charge is 0.183 e. The Morgan fingerprint density at radius 1 is 1.32 bits per heavy atom. The first-order chi connectivity index (χ1) is 9.00. The van der Waals surface area contributed by atoms with Gasteiger partial charge in [-0.25, -0.2) is 4.68 Å². The lowest BCUT2D eigenvalue weighted by molar-refractivity contribution is 0.394. The van der Waals surface area contributed by atoms with Crippen LogP contribution in [0.2, 0.25) is 0 Å². The first kappa shape index (κ1) is 14.0. The van der Waals surface area contributed by atoms with Gasteiger partial charge in [0.25, 0.3) is 0 Å². The Labute approximate surface area is 121 Å². The van der Waals surface area contributed by atoms with Crippen LogP contribution >= 0.6 is 15.9 Å². The zero-order chi connectivity index (χ0) is 14.0. The summed E-state index contributed by atoms with van der Waals surface area (Å²) in [7, 11) is 0. The van der Waals surface area contributed by atoms with Gasteiger partial charge < -0.3 is 5.73 Å². The predicted molar refractivity (Wildman–Crippen MR) is 79.5 cm³/mol. The van der Waals surface area contributed by atoms with Crippen molar-refractivity contribution in [1.29, 1.82) is 0 Å². The summed E-state index contributed by atoms with van der Waals surface area (Å²) in [4.78, 5) is 0. The average molecular weight is 324 g/mol. The zero-order valence-electron chi connectivity index (χ0n) is 11.3. The summed E-state index contributed by atoms with van der Waals surface area (Å²) in [5, 5.41) is 12.0. The Morgan fingerprint density at radius 3 is 2.74 bits per heavy atom. The third-order valence-electron chi connectivity index (χ3n) is 2.99. The van der Waals surface area contributed by atoms with E-state index in [0.717, 1.165) is 22.3 Å². The molecule has 0 bridgehead atoms. The van der Waals surface area contributed by atoms with E-state index in [2.05, 4.69) is 52.2 Å². The molecule has 0 aliphatic carbocycles. The van der Waals surface area contributed by atoms with Gasteiger partial charge >= 0.3 is 0 Å². The molecule has 0 saturated carbocycles. The van der Waals surface area contributed by atoms with Crippen molar-refractivity contribution in [2.45, 2.75) is 33.2 Å². The molecule has 102 valence electrons. The van der Waals surface area contributed by atoms with Gasteiger partial charge in [0, 0.05) is 11.3 Å². The SMILES string of the molecule is CC(C)CC(C)n1nnnc1-c1cccc(N)c1Br. The van der Waals surface area contributed by atoms with Crippen LogP contribution in [0.4, 0.5) is 5.69 Å². The Bertz CT molecular complexity index is 564. The second-order valence-electron chi connectivity index (χ2n) is 5.13. The van der Waals surface area contributed by atoms with Crippen molar-refractivity contribution in [2.75, 3.05) is 5.73 Å². The minimum absolute atomic E-state index is 0.248. The van der Waals surface area contributed by atoms with E-state index in [4.69, 9.17) is 5.73 Å². The average Bonchev–Trinajstić information content (AvgIpc) is 2.80. The van der Waals surface area contributed by atoms with Crippen LogP contribution in [0.3, 0.4) is 0 Å². The molecule has 2 rings (SSSR count). The molecule has 1 heterocycles. The van der Waals surface area contributed by atoms with Crippen molar-refractivity contribution >= 4 is 21.6 Å². The Balaban J connectivity index is 2.41. The van der Waals surface area contributed by atoms with Crippen LogP contribution in [0.15, 0.2) is 22.7 Å². The van der Waals surface area contributed by atoms with Gasteiger partial charge in [0.05, 0.1) is 10.5 Å². The van der Waals surface area contributed by atoms with E-state index in [0.29, 0.717) is 11.6 Å². The summed E-state index contributed by atoms with van der Waals surface area (Å²) in [6.07, 6.45) is 1.03. The van der Waals surface area contributed by atoms with Crippen LogP contribution in [0.1, 0.15) is 33.2 Å². The van der Waals surface area contributed by atoms with Crippen LogP contribution in [0.5, 0.6) is 0 Å². The van der Waals surface area contributed by atoms with E-state index in [-0.39, 0.29) is 6.04 Å². The summed E-state index contributed by atoms with van der Waals surface area (Å²) in [5.74, 6) is 1.34. The fourth-order valence-corrected chi connectivity index (χ4v) is 2.61. The van der Waals surface area contributed by atoms with Gasteiger partial charge in [0.15, 0.2) is 5.82 Å². The number of nitrogen functional groups attached to an aromatic ring is 1. The molecule has 0 amide bonds. The molecule has 0 saturated heterocycles. The van der Waals surface area contributed by atoms with E-state index in [1.807, 2.05) is 22.9 Å². The number of aromatic nitrogens is 4. The molecule has 1 aromatic heterocycles. The zero-order valence-corrected chi connectivity index (χ0v) is 12.9. The maximum Gasteiger partial charge on any atom is 0.183 e. The van der Waals surface area contributed by atoms with Gasteiger partial charge in [-0.05, 0) is 57.8 Å². The minimum atomic E-state index is 0.248. The number of benzene rings is 1. The molecule has 1 unspecified atom stereocenters. The van der Waals surface area contributed by atoms with Gasteiger partial charge in [-0.15, -0.1) is 5.10 Å². The van der Waals surface area contributed by atoms with E-state index in [9.17, 15) is 0 Å². The lowest BCUT2D eigenvalue weighted by Gasteiger charge is -2.16. The third-order valence-corrected chi connectivity index (χ3v) is 3.88. The van der Waals surface area contributed by atoms with Crippen LogP contribution in [0, 0.1) is 5.92 Å². The lowest BCUT2D eigenvalue weighted by Crippen LogP contribution is -2.11. The topological polar surface area (TPSA) is 69.6 Å². The van der Waals surface area contributed by atoms with E-state index < -0.39 is 0 Å². The quantitative estimate of drug-likeness (QED) is 0.876. The fraction of sp³-hybridized carbons (Fsp3) is 0.462. The maximum absolute atomic E-state index is 5.91. The molecule has 5 nitrogen and oxygen atoms in total. The molecule has 19 heavy (non-hydrogen) atoms. The van der Waals surface area contributed by atoms with E-state index >= 15 is 0 Å². The largest absolute Gasteiger partial charge is 0.398 e. The lowest BCUT2D eigenvalue weighted by atomic mass is 10.1. The Morgan fingerprint density at radius 2 is 2.05 bits per heavy atom. The van der Waals surface area contributed by atoms with Crippen LogP contribution in [-0.4, -0.2) is 20.2 Å². The normalized spacial score (nSPS) is 12.9. The van der Waals surface area contributed by atoms with Crippen LogP contribution < -0.4 is 5.73 Å². The highest BCUT2D eigenvalue weighted by Gasteiger charge is 2.18. The second-order valence-corrected chi connectivity index (χ2v) is 5.93. The fourth-order valence-electron chi connectivity index (χ4n) is 2.17. The van der Waals surface area contributed by atoms with Crippen molar-refractivity contribution in [3.63, 3.8) is 0 Å². The number of anilines is 1. The van der Waals surface area contributed by atoms with Crippen molar-refractivity contribution in [2.24, 2.45) is 5.92 Å². The number of nitrogens with zero attached hydrogens (tertiary/aromatic N) is 4. The van der Waals surface area contributed by atoms with Gasteiger partial charge in [-0.1, -0.05) is 19.9 Å². The molecule has 2 N–H and O–H groups in total. The molecule has 2 aromatic rings. The summed E-state index contributed by atoms with van der Waals surface area (Å²) in [6.45, 7) is 6.51. The molecule has 1 atom stereocenters. The highest BCUT2D eigenvalue weighted by molar-refractivity contribution is 9.10. The second kappa shape index (κ2) is 5.69. The van der Waals surface area contributed by atoms with Crippen molar-refractivity contribution < 1.29 is 0 Å². The monoisotopic (exact) mass is 323 g/mol. The van der Waals surface area contributed by atoms with Crippen molar-refractivity contribution in [3.8, 4) is 11.4 Å². The predicted octanol–water partition coefficient (Wildman–Crippen LogP) is 3.29. The highest BCUT2D eigenvalue weighted by atomic mass is 79.9. The molecular formula is C13H18BrN5. The Kier molecular flexibility index (Phi) is 4.19. The molecule has 6 heteroatoms. The summed E-state index contributed by atoms with van der Waals surface area (Å²) in [5.41, 5.74) is 7.51. The van der Waals surface area contributed by atoms with Crippen LogP contribution in [-0.2, 0) is 0 Å². The molecular weight excluding hydrogens is 306 g/mol. The minimum Gasteiger partial charge on any atom is -0.398 e. The van der Waals surface area contributed by atoms with Gasteiger partial charge in [0.2, 0.25) is 0 Å². The maximum atomic E-state index is 5.91. The third kappa shape index (κ3) is 2.94. The van der Waals surface area contributed by atoms with Crippen molar-refractivity contribution in [1.82, 2.24) is 20.2 Å². The first-order valence-corrected chi connectivity index (χ1v) is 7.12. The molecule has 0 aliphatic rings. The van der Waals surface area contributed by atoms with Crippen LogP contribution in [0.25, 0.3) is 11.4 Å². The molecule has 0 radical (unpaired) electrons. The van der Waals surface area contributed by atoms with Gasteiger partial charge in [-0.3, -0.25) is 0 Å². The van der Waals surface area contributed by atoms with E-state index in [1.165, 1.54) is 0 Å². The number of hydrogen-bond acceptors (Lipinski definition) is 4. The highest BCUT2D eigenvalue weighted by Crippen LogP contribution is 2.32. The Hall–Kier alpha value is -1.43. The number of nitrogens with two attached hydrogens (primary N) is 1. The summed E-state index contributed by atoms with van der Waals surface area (Å²) < 4.78 is 2.70. The number of rotatable bonds is 4. The summed E-state index contributed by atoms with van der Waals surface area (Å²) in [6, 6.07) is 5.96. The molecule has 0 fully saturated rings. The standard InChI is InChI=1S/C13H18BrN5/c1-8(2)7-9(3)19-13(16-17-18-19)10-5-4-6-11(15)12(10)14/h4-6,8-9H,7,15H2,1-3H3. The summed E-state index contributed by atoms with van der Waals surface area (Å²) >= 11 is 3.50. The van der Waals surface area contributed by atoms with Crippen molar-refractivity contribution in [3.05, 3.63) is 22.7 Å². The number of hydrogen-bond donors (Lipinski definition) is 1. The molecule has 0 spiro atoms. The number of halogens is 1. The molecule has 1 aromatic carbocycles.